The summed E-state index contributed by atoms with van der Waals surface area (Å²) in [7, 11) is 0. The number of hydrogen-bond acceptors (Lipinski definition) is 4. The van der Waals surface area contributed by atoms with E-state index in [0.29, 0.717) is 0 Å². The highest BCUT2D eigenvalue weighted by molar-refractivity contribution is 7.99. The maximum absolute atomic E-state index is 4.51. The largest absolute Gasteiger partial charge is 0.360 e. The fourth-order valence-corrected chi connectivity index (χ4v) is 3.76. The van der Waals surface area contributed by atoms with Crippen molar-refractivity contribution in [1.82, 2.24) is 4.98 Å². The van der Waals surface area contributed by atoms with Crippen LogP contribution < -0.4 is 5.32 Å². The summed E-state index contributed by atoms with van der Waals surface area (Å²) in [5.41, 5.74) is 1.21. The van der Waals surface area contributed by atoms with Crippen molar-refractivity contribution in [3.05, 3.63) is 11.1 Å². The third-order valence-electron chi connectivity index (χ3n) is 2.67. The van der Waals surface area contributed by atoms with Crippen LogP contribution in [0.15, 0.2) is 5.38 Å². The molecule has 1 N–H and O–H groups in total. The maximum Gasteiger partial charge on any atom is 0.182 e. The van der Waals surface area contributed by atoms with Gasteiger partial charge in [-0.15, -0.1) is 11.3 Å². The minimum Gasteiger partial charge on any atom is -0.360 e. The summed E-state index contributed by atoms with van der Waals surface area (Å²) in [5, 5.41) is 7.50. The van der Waals surface area contributed by atoms with E-state index in [-0.39, 0.29) is 0 Å². The first-order valence-corrected chi connectivity index (χ1v) is 7.61. The summed E-state index contributed by atoms with van der Waals surface area (Å²) in [6.45, 7) is 3.23. The number of anilines is 1. The summed E-state index contributed by atoms with van der Waals surface area (Å²) in [4.78, 5) is 4.51. The monoisotopic (exact) mass is 242 g/mol. The molecule has 2 heterocycles. The third-order valence-corrected chi connectivity index (χ3v) is 4.92. The van der Waals surface area contributed by atoms with E-state index in [2.05, 4.69) is 34.4 Å². The summed E-state index contributed by atoms with van der Waals surface area (Å²) in [5.74, 6) is 1.34. The van der Waals surface area contributed by atoms with E-state index in [1.165, 1.54) is 30.7 Å². The van der Waals surface area contributed by atoms with Crippen molar-refractivity contribution in [1.29, 1.82) is 0 Å². The van der Waals surface area contributed by atoms with E-state index in [0.717, 1.165) is 23.3 Å². The standard InChI is InChI=1S/C11H18N2S2/c1-2-9-8-15-11(13-9)12-7-10-5-3-4-6-14-10/h8,10H,2-7H2,1H3,(H,12,13). The van der Waals surface area contributed by atoms with Gasteiger partial charge in [-0.3, -0.25) is 0 Å². The highest BCUT2D eigenvalue weighted by Gasteiger charge is 2.13. The van der Waals surface area contributed by atoms with Crippen LogP contribution in [0.2, 0.25) is 0 Å². The molecule has 1 saturated heterocycles. The molecule has 2 rings (SSSR count). The summed E-state index contributed by atoms with van der Waals surface area (Å²) < 4.78 is 0. The molecule has 1 aliphatic rings. The minimum atomic E-state index is 0.799. The molecule has 0 aromatic carbocycles. The fraction of sp³-hybridized carbons (Fsp3) is 0.727. The van der Waals surface area contributed by atoms with Crippen LogP contribution in [-0.4, -0.2) is 22.5 Å². The van der Waals surface area contributed by atoms with Gasteiger partial charge >= 0.3 is 0 Å². The van der Waals surface area contributed by atoms with Gasteiger partial charge in [0.1, 0.15) is 0 Å². The number of nitrogens with one attached hydrogen (secondary N) is 1. The van der Waals surface area contributed by atoms with Gasteiger partial charge in [-0.1, -0.05) is 13.3 Å². The molecule has 0 spiro atoms. The van der Waals surface area contributed by atoms with Crippen LogP contribution in [0.1, 0.15) is 31.9 Å². The number of aromatic nitrogens is 1. The predicted octanol–water partition coefficient (Wildman–Crippen LogP) is 3.40. The zero-order valence-electron chi connectivity index (χ0n) is 9.16. The Morgan fingerprint density at radius 3 is 3.13 bits per heavy atom. The SMILES string of the molecule is CCc1csc(NCC2CCCCS2)n1. The average Bonchev–Trinajstić information content (AvgIpc) is 2.76. The summed E-state index contributed by atoms with van der Waals surface area (Å²) >= 11 is 3.84. The van der Waals surface area contributed by atoms with Gasteiger partial charge in [-0.05, 0) is 25.0 Å². The molecule has 15 heavy (non-hydrogen) atoms. The van der Waals surface area contributed by atoms with E-state index >= 15 is 0 Å². The van der Waals surface area contributed by atoms with Crippen molar-refractivity contribution in [2.45, 2.75) is 37.9 Å². The molecule has 0 saturated carbocycles. The Kier molecular flexibility index (Phi) is 4.32. The van der Waals surface area contributed by atoms with Gasteiger partial charge in [0.05, 0.1) is 5.69 Å². The lowest BCUT2D eigenvalue weighted by molar-refractivity contribution is 0.677. The van der Waals surface area contributed by atoms with Crippen molar-refractivity contribution in [3.8, 4) is 0 Å². The lowest BCUT2D eigenvalue weighted by Gasteiger charge is -2.21. The Morgan fingerprint density at radius 1 is 1.53 bits per heavy atom. The first-order valence-electron chi connectivity index (χ1n) is 5.68. The molecular weight excluding hydrogens is 224 g/mol. The van der Waals surface area contributed by atoms with Gasteiger partial charge < -0.3 is 5.32 Å². The predicted molar refractivity (Wildman–Crippen MR) is 70.1 cm³/mol. The van der Waals surface area contributed by atoms with Crippen molar-refractivity contribution in [2.24, 2.45) is 0 Å². The highest BCUT2D eigenvalue weighted by Crippen LogP contribution is 2.25. The van der Waals surface area contributed by atoms with Gasteiger partial charge in [0.15, 0.2) is 5.13 Å². The fourth-order valence-electron chi connectivity index (χ4n) is 1.72. The highest BCUT2D eigenvalue weighted by atomic mass is 32.2. The molecule has 0 bridgehead atoms. The van der Waals surface area contributed by atoms with Crippen molar-refractivity contribution in [2.75, 3.05) is 17.6 Å². The number of rotatable bonds is 4. The molecule has 0 aliphatic carbocycles. The quantitative estimate of drug-likeness (QED) is 0.876. The topological polar surface area (TPSA) is 24.9 Å². The molecule has 1 aromatic heterocycles. The van der Waals surface area contributed by atoms with Crippen LogP contribution >= 0.6 is 23.1 Å². The van der Waals surface area contributed by atoms with Gasteiger partial charge in [0, 0.05) is 17.2 Å². The van der Waals surface area contributed by atoms with Crippen LogP contribution in [0.5, 0.6) is 0 Å². The molecule has 1 aliphatic heterocycles. The first-order chi connectivity index (χ1) is 7.38. The van der Waals surface area contributed by atoms with Gasteiger partial charge in [0.25, 0.3) is 0 Å². The molecule has 1 aromatic rings. The van der Waals surface area contributed by atoms with Gasteiger partial charge in [0.2, 0.25) is 0 Å². The molecule has 1 atom stereocenters. The smallest absolute Gasteiger partial charge is 0.182 e. The molecule has 84 valence electrons. The second-order valence-electron chi connectivity index (χ2n) is 3.87. The number of thioether (sulfide) groups is 1. The van der Waals surface area contributed by atoms with Gasteiger partial charge in [-0.2, -0.15) is 11.8 Å². The van der Waals surface area contributed by atoms with E-state index in [1.807, 2.05) is 0 Å². The zero-order chi connectivity index (χ0) is 10.5. The lowest BCUT2D eigenvalue weighted by atomic mass is 10.2. The molecule has 0 amide bonds. The van der Waals surface area contributed by atoms with E-state index in [9.17, 15) is 0 Å². The lowest BCUT2D eigenvalue weighted by Crippen LogP contribution is -2.19. The Balaban J connectivity index is 1.76. The molecular formula is C11H18N2S2. The molecule has 2 nitrogen and oxygen atoms in total. The van der Waals surface area contributed by atoms with Crippen LogP contribution in [0, 0.1) is 0 Å². The molecule has 0 radical (unpaired) electrons. The Bertz CT molecular complexity index is 293. The molecule has 1 unspecified atom stereocenters. The van der Waals surface area contributed by atoms with Crippen LogP contribution in [0.3, 0.4) is 0 Å². The third kappa shape index (κ3) is 3.38. The average molecular weight is 242 g/mol. The summed E-state index contributed by atoms with van der Waals surface area (Å²) in [6, 6.07) is 0. The van der Waals surface area contributed by atoms with E-state index < -0.39 is 0 Å². The Morgan fingerprint density at radius 2 is 2.47 bits per heavy atom. The Hall–Kier alpha value is -0.220. The van der Waals surface area contributed by atoms with E-state index in [1.54, 1.807) is 11.3 Å². The summed E-state index contributed by atoms with van der Waals surface area (Å²) in [6.07, 6.45) is 5.20. The van der Waals surface area contributed by atoms with Crippen molar-refractivity contribution >= 4 is 28.2 Å². The van der Waals surface area contributed by atoms with Gasteiger partial charge in [-0.25, -0.2) is 4.98 Å². The van der Waals surface area contributed by atoms with Crippen LogP contribution in [0.25, 0.3) is 0 Å². The Labute approximate surface area is 99.9 Å². The van der Waals surface area contributed by atoms with Crippen LogP contribution in [0.4, 0.5) is 5.13 Å². The molecule has 4 heteroatoms. The second kappa shape index (κ2) is 5.75. The van der Waals surface area contributed by atoms with E-state index in [4.69, 9.17) is 0 Å². The number of thiazole rings is 1. The molecule has 1 fully saturated rings. The first kappa shape index (κ1) is 11.3. The second-order valence-corrected chi connectivity index (χ2v) is 6.13. The van der Waals surface area contributed by atoms with Crippen molar-refractivity contribution < 1.29 is 0 Å². The minimum absolute atomic E-state index is 0.799. The number of aryl methyl sites for hydroxylation is 1. The van der Waals surface area contributed by atoms with Crippen molar-refractivity contribution in [3.63, 3.8) is 0 Å². The number of hydrogen-bond donors (Lipinski definition) is 1. The van der Waals surface area contributed by atoms with Crippen LogP contribution in [-0.2, 0) is 6.42 Å². The zero-order valence-corrected chi connectivity index (χ0v) is 10.8. The normalized spacial score (nSPS) is 21.5. The maximum atomic E-state index is 4.51. The number of nitrogens with zero attached hydrogens (tertiary/aromatic N) is 1.